The molecular formula is C31H31N5O2. The van der Waals surface area contributed by atoms with Gasteiger partial charge in [0.25, 0.3) is 5.91 Å². The summed E-state index contributed by atoms with van der Waals surface area (Å²) in [5, 5.41) is 1.18. The van der Waals surface area contributed by atoms with Crippen LogP contribution in [0.5, 0.6) is 0 Å². The number of para-hydroxylation sites is 3. The van der Waals surface area contributed by atoms with Crippen LogP contribution < -0.4 is 9.80 Å². The number of fused-ring (bicyclic) bond motifs is 6. The van der Waals surface area contributed by atoms with E-state index in [-0.39, 0.29) is 24.5 Å². The first-order valence-corrected chi connectivity index (χ1v) is 13.4. The van der Waals surface area contributed by atoms with Crippen LogP contribution in [-0.2, 0) is 17.8 Å². The molecule has 0 aliphatic carbocycles. The van der Waals surface area contributed by atoms with E-state index in [4.69, 9.17) is 0 Å². The fourth-order valence-corrected chi connectivity index (χ4v) is 6.57. The summed E-state index contributed by atoms with van der Waals surface area (Å²) in [5.74, 6) is 0.193. The van der Waals surface area contributed by atoms with Gasteiger partial charge < -0.3 is 24.2 Å². The number of carbonyl (C=O) groups is 2. The molecule has 2 amide bonds. The second-order valence-electron chi connectivity index (χ2n) is 10.4. The van der Waals surface area contributed by atoms with Crippen molar-refractivity contribution in [1.82, 2.24) is 14.4 Å². The van der Waals surface area contributed by atoms with E-state index >= 15 is 0 Å². The monoisotopic (exact) mass is 505 g/mol. The van der Waals surface area contributed by atoms with Crippen molar-refractivity contribution in [1.29, 1.82) is 0 Å². The van der Waals surface area contributed by atoms with Gasteiger partial charge in [0.15, 0.2) is 0 Å². The van der Waals surface area contributed by atoms with E-state index in [9.17, 15) is 9.59 Å². The zero-order valence-electron chi connectivity index (χ0n) is 21.6. The molecule has 3 aliphatic rings. The minimum atomic E-state index is -0.240. The number of rotatable bonds is 3. The largest absolute Gasteiger partial charge is 0.368 e. The number of hydrogen-bond acceptors (Lipinski definition) is 4. The molecule has 4 heterocycles. The summed E-state index contributed by atoms with van der Waals surface area (Å²) in [4.78, 5) is 35.8. The van der Waals surface area contributed by atoms with E-state index in [0.29, 0.717) is 19.6 Å². The van der Waals surface area contributed by atoms with Crippen LogP contribution in [0.1, 0.15) is 27.8 Å². The van der Waals surface area contributed by atoms with Gasteiger partial charge >= 0.3 is 0 Å². The molecule has 4 aromatic rings. The normalized spacial score (nSPS) is 18.9. The van der Waals surface area contributed by atoms with Crippen LogP contribution in [0.3, 0.4) is 0 Å². The van der Waals surface area contributed by atoms with E-state index in [1.807, 2.05) is 46.2 Å². The molecule has 7 heteroatoms. The van der Waals surface area contributed by atoms with Gasteiger partial charge in [-0.2, -0.15) is 0 Å². The lowest BCUT2D eigenvalue weighted by atomic mass is 9.96. The lowest BCUT2D eigenvalue weighted by molar-refractivity contribution is -0.132. The minimum Gasteiger partial charge on any atom is -0.368 e. The van der Waals surface area contributed by atoms with Gasteiger partial charge in [-0.15, -0.1) is 0 Å². The predicted molar refractivity (Wildman–Crippen MR) is 149 cm³/mol. The standard InChI is InChI=1S/C31H31N5O2/c1-32-26-13-7-6-12-25(26)31(38)35-16-15-24-23-11-5-8-14-27(23)36(29(24)30(32)35)21-28(37)34-19-17-33(18-20-34)22-9-3-2-4-10-22/h2-14,30H,15-21H2,1H3/t30-/m0/s1. The van der Waals surface area contributed by atoms with Crippen molar-refractivity contribution in [2.75, 3.05) is 49.6 Å². The van der Waals surface area contributed by atoms with Crippen LogP contribution in [0, 0.1) is 0 Å². The molecule has 0 spiro atoms. The van der Waals surface area contributed by atoms with Gasteiger partial charge in [0, 0.05) is 56.4 Å². The molecule has 3 aliphatic heterocycles. The van der Waals surface area contributed by atoms with Gasteiger partial charge in [0.1, 0.15) is 12.7 Å². The highest BCUT2D eigenvalue weighted by Crippen LogP contribution is 2.44. The molecule has 1 atom stereocenters. The van der Waals surface area contributed by atoms with Crippen molar-refractivity contribution in [2.24, 2.45) is 0 Å². The van der Waals surface area contributed by atoms with Gasteiger partial charge in [-0.3, -0.25) is 9.59 Å². The molecule has 38 heavy (non-hydrogen) atoms. The second kappa shape index (κ2) is 8.94. The second-order valence-corrected chi connectivity index (χ2v) is 10.4. The summed E-state index contributed by atoms with van der Waals surface area (Å²) >= 11 is 0. The lowest BCUT2D eigenvalue weighted by Crippen LogP contribution is -2.52. The Balaban J connectivity index is 1.23. The first-order chi connectivity index (χ1) is 18.6. The molecule has 1 fully saturated rings. The highest BCUT2D eigenvalue weighted by Gasteiger charge is 2.43. The third-order valence-corrected chi connectivity index (χ3v) is 8.45. The maximum Gasteiger partial charge on any atom is 0.257 e. The number of aromatic nitrogens is 1. The number of nitrogens with zero attached hydrogens (tertiary/aromatic N) is 5. The number of hydrogen-bond donors (Lipinski definition) is 0. The maximum absolute atomic E-state index is 13.7. The van der Waals surface area contributed by atoms with Gasteiger partial charge in [-0.05, 0) is 42.3 Å². The Kier molecular flexibility index (Phi) is 5.39. The molecule has 0 saturated carbocycles. The Morgan fingerprint density at radius 1 is 0.842 bits per heavy atom. The molecule has 0 unspecified atom stereocenters. The summed E-state index contributed by atoms with van der Waals surface area (Å²) in [5.41, 5.74) is 6.27. The lowest BCUT2D eigenvalue weighted by Gasteiger charge is -2.46. The van der Waals surface area contributed by atoms with Crippen molar-refractivity contribution in [3.63, 3.8) is 0 Å². The van der Waals surface area contributed by atoms with Crippen LogP contribution in [0.15, 0.2) is 78.9 Å². The quantitative estimate of drug-likeness (QED) is 0.420. The maximum atomic E-state index is 13.7. The first-order valence-electron chi connectivity index (χ1n) is 13.4. The Morgan fingerprint density at radius 2 is 1.55 bits per heavy atom. The van der Waals surface area contributed by atoms with Crippen molar-refractivity contribution >= 4 is 34.1 Å². The van der Waals surface area contributed by atoms with E-state index < -0.39 is 0 Å². The number of amides is 2. The Morgan fingerprint density at radius 3 is 2.37 bits per heavy atom. The fourth-order valence-electron chi connectivity index (χ4n) is 6.57. The number of carbonyl (C=O) groups excluding carboxylic acids is 2. The van der Waals surface area contributed by atoms with Crippen molar-refractivity contribution in [3.05, 3.63) is 95.7 Å². The smallest absolute Gasteiger partial charge is 0.257 e. The predicted octanol–water partition coefficient (Wildman–Crippen LogP) is 4.14. The highest BCUT2D eigenvalue weighted by atomic mass is 16.2. The molecule has 1 aromatic heterocycles. The zero-order chi connectivity index (χ0) is 25.8. The molecule has 0 bridgehead atoms. The van der Waals surface area contributed by atoms with Gasteiger partial charge in [0.05, 0.1) is 16.9 Å². The van der Waals surface area contributed by atoms with E-state index in [2.05, 4.69) is 63.9 Å². The summed E-state index contributed by atoms with van der Waals surface area (Å²) in [6, 6.07) is 26.6. The van der Waals surface area contributed by atoms with Gasteiger partial charge in [0.2, 0.25) is 5.91 Å². The molecule has 192 valence electrons. The third kappa shape index (κ3) is 3.49. The van der Waals surface area contributed by atoms with Gasteiger partial charge in [-0.25, -0.2) is 0 Å². The molecule has 7 rings (SSSR count). The summed E-state index contributed by atoms with van der Waals surface area (Å²) < 4.78 is 2.19. The fraction of sp³-hybridized carbons (Fsp3) is 0.290. The third-order valence-electron chi connectivity index (χ3n) is 8.45. The van der Waals surface area contributed by atoms with E-state index in [0.717, 1.165) is 42.0 Å². The van der Waals surface area contributed by atoms with E-state index in [1.54, 1.807) is 0 Å². The Labute approximate surface area is 222 Å². The molecule has 0 radical (unpaired) electrons. The molecule has 3 aromatic carbocycles. The topological polar surface area (TPSA) is 52.0 Å². The number of benzene rings is 3. The SMILES string of the molecule is CN1c2ccccc2C(=O)N2CCc3c(n(CC(=O)N4CCN(c5ccccc5)CC4)c4ccccc34)[C@H]21. The Hall–Kier alpha value is -4.26. The van der Waals surface area contributed by atoms with Crippen LogP contribution in [0.2, 0.25) is 0 Å². The van der Waals surface area contributed by atoms with Crippen LogP contribution in [-0.4, -0.2) is 66.0 Å². The summed E-state index contributed by atoms with van der Waals surface area (Å²) in [7, 11) is 2.06. The zero-order valence-corrected chi connectivity index (χ0v) is 21.6. The number of anilines is 2. The summed E-state index contributed by atoms with van der Waals surface area (Å²) in [6.07, 6.45) is 0.543. The summed E-state index contributed by atoms with van der Waals surface area (Å²) in [6.45, 7) is 4.00. The van der Waals surface area contributed by atoms with Crippen LogP contribution in [0.4, 0.5) is 11.4 Å². The average Bonchev–Trinajstić information content (AvgIpc) is 3.29. The molecule has 0 N–H and O–H groups in total. The van der Waals surface area contributed by atoms with Crippen molar-refractivity contribution < 1.29 is 9.59 Å². The van der Waals surface area contributed by atoms with Crippen LogP contribution >= 0.6 is 0 Å². The van der Waals surface area contributed by atoms with E-state index in [1.165, 1.54) is 16.6 Å². The molecule has 7 nitrogen and oxygen atoms in total. The minimum absolute atomic E-state index is 0.0644. The Bertz CT molecular complexity index is 1540. The van der Waals surface area contributed by atoms with Crippen LogP contribution in [0.25, 0.3) is 10.9 Å². The molecule has 1 saturated heterocycles. The van der Waals surface area contributed by atoms with Gasteiger partial charge in [-0.1, -0.05) is 48.5 Å². The van der Waals surface area contributed by atoms with Crippen molar-refractivity contribution in [3.8, 4) is 0 Å². The molecular weight excluding hydrogens is 474 g/mol. The first kappa shape index (κ1) is 22.9. The highest BCUT2D eigenvalue weighted by molar-refractivity contribution is 6.02. The average molecular weight is 506 g/mol. The number of piperazine rings is 1. The van der Waals surface area contributed by atoms with Crippen molar-refractivity contribution in [2.45, 2.75) is 19.1 Å².